The van der Waals surface area contributed by atoms with Crippen molar-refractivity contribution in [2.75, 3.05) is 19.6 Å². The highest BCUT2D eigenvalue weighted by atomic mass is 32.2. The van der Waals surface area contributed by atoms with Crippen LogP contribution in [0.5, 0.6) is 0 Å². The second kappa shape index (κ2) is 8.28. The molecule has 2 aromatic carbocycles. The van der Waals surface area contributed by atoms with Crippen LogP contribution < -0.4 is 0 Å². The highest BCUT2D eigenvalue weighted by Gasteiger charge is 2.38. The van der Waals surface area contributed by atoms with E-state index in [9.17, 15) is 13.2 Å². The van der Waals surface area contributed by atoms with Crippen LogP contribution in [0, 0.1) is 6.92 Å². The van der Waals surface area contributed by atoms with Gasteiger partial charge in [-0.25, -0.2) is 8.42 Å². The van der Waals surface area contributed by atoms with Crippen LogP contribution in [0.25, 0.3) is 0 Å². The summed E-state index contributed by atoms with van der Waals surface area (Å²) in [5.41, 5.74) is 3.11. The topological polar surface area (TPSA) is 57.7 Å². The Hall–Kier alpha value is -2.18. The lowest BCUT2D eigenvalue weighted by molar-refractivity contribution is -0.133. The van der Waals surface area contributed by atoms with Gasteiger partial charge >= 0.3 is 0 Å². The van der Waals surface area contributed by atoms with Crippen molar-refractivity contribution in [3.8, 4) is 0 Å². The van der Waals surface area contributed by atoms with Gasteiger partial charge in [-0.2, -0.15) is 4.31 Å². The van der Waals surface area contributed by atoms with E-state index in [4.69, 9.17) is 0 Å². The first-order valence-corrected chi connectivity index (χ1v) is 11.8. The van der Waals surface area contributed by atoms with E-state index in [2.05, 4.69) is 0 Å². The number of hydrogen-bond acceptors (Lipinski definition) is 3. The fourth-order valence-corrected chi connectivity index (χ4v) is 6.02. The molecule has 0 N–H and O–H groups in total. The Morgan fingerprint density at radius 2 is 1.66 bits per heavy atom. The molecule has 2 aromatic rings. The first-order valence-electron chi connectivity index (χ1n) is 10.4. The summed E-state index contributed by atoms with van der Waals surface area (Å²) in [6.45, 7) is 3.88. The molecule has 2 aliphatic heterocycles. The van der Waals surface area contributed by atoms with Crippen LogP contribution in [-0.4, -0.2) is 43.2 Å². The van der Waals surface area contributed by atoms with Crippen LogP contribution in [0.4, 0.5) is 0 Å². The molecule has 0 bridgehead atoms. The number of rotatable bonds is 4. The van der Waals surface area contributed by atoms with Crippen LogP contribution >= 0.6 is 0 Å². The fraction of sp³-hybridized carbons (Fsp3) is 0.435. The molecule has 1 saturated heterocycles. The zero-order valence-electron chi connectivity index (χ0n) is 16.9. The summed E-state index contributed by atoms with van der Waals surface area (Å²) in [6, 6.07) is 14.4. The number of carbonyl (C=O) groups is 1. The first kappa shape index (κ1) is 20.1. The summed E-state index contributed by atoms with van der Waals surface area (Å²) >= 11 is 0. The summed E-state index contributed by atoms with van der Waals surface area (Å²) in [5.74, 6) is 0.0514. The molecule has 0 saturated carbocycles. The van der Waals surface area contributed by atoms with Crippen LogP contribution in [0.2, 0.25) is 0 Å². The number of hydrogen-bond donors (Lipinski definition) is 0. The molecule has 6 heteroatoms. The largest absolute Gasteiger partial charge is 0.343 e. The van der Waals surface area contributed by atoms with Gasteiger partial charge in [-0.3, -0.25) is 4.79 Å². The average Bonchev–Trinajstić information content (AvgIpc) is 2.74. The molecule has 154 valence electrons. The molecular formula is C23H28N2O3S. The molecule has 1 atom stereocenters. The Labute approximate surface area is 173 Å². The SMILES string of the molecule is Cc1ccc(S(=O)(=O)N2CCc3ccccc3[C@H]2CC(=O)N2CCCCC2)cc1. The number of benzene rings is 2. The predicted molar refractivity (Wildman–Crippen MR) is 113 cm³/mol. The van der Waals surface area contributed by atoms with Crippen molar-refractivity contribution < 1.29 is 13.2 Å². The maximum Gasteiger partial charge on any atom is 0.243 e. The predicted octanol–water partition coefficient (Wildman–Crippen LogP) is 3.69. The van der Waals surface area contributed by atoms with E-state index in [1.54, 1.807) is 16.4 Å². The van der Waals surface area contributed by atoms with Gasteiger partial charge in [0.05, 0.1) is 10.9 Å². The van der Waals surface area contributed by atoms with Crippen molar-refractivity contribution in [3.05, 3.63) is 65.2 Å². The average molecular weight is 413 g/mol. The molecule has 0 aromatic heterocycles. The molecule has 2 aliphatic rings. The molecule has 1 amide bonds. The Kier molecular flexibility index (Phi) is 5.74. The minimum absolute atomic E-state index is 0.0514. The summed E-state index contributed by atoms with van der Waals surface area (Å²) in [6.07, 6.45) is 4.07. The van der Waals surface area contributed by atoms with Gasteiger partial charge in [-0.1, -0.05) is 42.0 Å². The monoisotopic (exact) mass is 412 g/mol. The van der Waals surface area contributed by atoms with Crippen molar-refractivity contribution in [1.29, 1.82) is 0 Å². The molecule has 1 fully saturated rings. The van der Waals surface area contributed by atoms with Crippen molar-refractivity contribution in [1.82, 2.24) is 9.21 Å². The lowest BCUT2D eigenvalue weighted by Gasteiger charge is -2.37. The Bertz CT molecular complexity index is 979. The van der Waals surface area contributed by atoms with Crippen LogP contribution in [0.1, 0.15) is 48.4 Å². The van der Waals surface area contributed by atoms with Crippen molar-refractivity contribution in [3.63, 3.8) is 0 Å². The van der Waals surface area contributed by atoms with Crippen LogP contribution in [0.15, 0.2) is 53.4 Å². The van der Waals surface area contributed by atoms with E-state index in [1.165, 1.54) is 0 Å². The van der Waals surface area contributed by atoms with Crippen molar-refractivity contribution >= 4 is 15.9 Å². The summed E-state index contributed by atoms with van der Waals surface area (Å²) < 4.78 is 28.5. The molecule has 0 aliphatic carbocycles. The van der Waals surface area contributed by atoms with Crippen molar-refractivity contribution in [2.24, 2.45) is 0 Å². The third-order valence-electron chi connectivity index (χ3n) is 6.07. The maximum absolute atomic E-state index is 13.5. The number of aryl methyl sites for hydroxylation is 1. The molecule has 5 nitrogen and oxygen atoms in total. The van der Waals surface area contributed by atoms with Gasteiger partial charge in [0.2, 0.25) is 15.9 Å². The van der Waals surface area contributed by atoms with Crippen molar-refractivity contribution in [2.45, 2.75) is 50.0 Å². The number of sulfonamides is 1. The quantitative estimate of drug-likeness (QED) is 0.770. The Balaban J connectivity index is 1.68. The summed E-state index contributed by atoms with van der Waals surface area (Å²) in [7, 11) is -3.68. The molecule has 0 unspecified atom stereocenters. The van der Waals surface area contributed by atoms with Gasteiger partial charge < -0.3 is 4.90 Å². The number of amides is 1. The minimum Gasteiger partial charge on any atom is -0.343 e. The highest BCUT2D eigenvalue weighted by Crippen LogP contribution is 2.37. The molecule has 4 rings (SSSR count). The second-order valence-electron chi connectivity index (χ2n) is 8.04. The number of nitrogens with zero attached hydrogens (tertiary/aromatic N) is 2. The molecular weight excluding hydrogens is 384 g/mol. The minimum atomic E-state index is -3.68. The van der Waals surface area contributed by atoms with Gasteiger partial charge in [-0.05, 0) is 55.9 Å². The van der Waals surface area contributed by atoms with Crippen LogP contribution in [-0.2, 0) is 21.2 Å². The number of carbonyl (C=O) groups excluding carboxylic acids is 1. The zero-order chi connectivity index (χ0) is 20.4. The normalized spacial score (nSPS) is 20.3. The van der Waals surface area contributed by atoms with E-state index in [0.717, 1.165) is 49.0 Å². The van der Waals surface area contributed by atoms with E-state index in [1.807, 2.05) is 48.2 Å². The number of fused-ring (bicyclic) bond motifs is 1. The summed E-state index contributed by atoms with van der Waals surface area (Å²) in [5, 5.41) is 0. The fourth-order valence-electron chi connectivity index (χ4n) is 4.41. The first-order chi connectivity index (χ1) is 14.0. The summed E-state index contributed by atoms with van der Waals surface area (Å²) in [4.78, 5) is 15.2. The molecule has 0 radical (unpaired) electrons. The third-order valence-corrected chi connectivity index (χ3v) is 7.99. The van der Waals surface area contributed by atoms with Gasteiger partial charge in [0.25, 0.3) is 0 Å². The molecule has 0 spiro atoms. The van der Waals surface area contributed by atoms with E-state index < -0.39 is 16.1 Å². The second-order valence-corrected chi connectivity index (χ2v) is 9.93. The smallest absolute Gasteiger partial charge is 0.243 e. The number of piperidine rings is 1. The van der Waals surface area contributed by atoms with E-state index in [-0.39, 0.29) is 17.2 Å². The Morgan fingerprint density at radius 3 is 2.38 bits per heavy atom. The Morgan fingerprint density at radius 1 is 0.966 bits per heavy atom. The van der Waals surface area contributed by atoms with E-state index >= 15 is 0 Å². The maximum atomic E-state index is 13.5. The molecule has 2 heterocycles. The lowest BCUT2D eigenvalue weighted by Crippen LogP contribution is -2.43. The van der Waals surface area contributed by atoms with E-state index in [0.29, 0.717) is 13.0 Å². The lowest BCUT2D eigenvalue weighted by atomic mass is 9.92. The molecule has 29 heavy (non-hydrogen) atoms. The van der Waals surface area contributed by atoms with Gasteiger partial charge in [-0.15, -0.1) is 0 Å². The zero-order valence-corrected chi connectivity index (χ0v) is 17.7. The van der Waals surface area contributed by atoms with Gasteiger partial charge in [0.1, 0.15) is 0 Å². The van der Waals surface area contributed by atoms with Crippen LogP contribution in [0.3, 0.4) is 0 Å². The van der Waals surface area contributed by atoms with Gasteiger partial charge in [0, 0.05) is 26.1 Å². The van der Waals surface area contributed by atoms with Gasteiger partial charge in [0.15, 0.2) is 0 Å². The highest BCUT2D eigenvalue weighted by molar-refractivity contribution is 7.89. The third kappa shape index (κ3) is 4.09. The number of likely N-dealkylation sites (tertiary alicyclic amines) is 1. The standard InChI is InChI=1S/C23H28N2O3S/c1-18-9-11-20(12-10-18)29(27,28)25-16-13-19-7-3-4-8-21(19)22(25)17-23(26)24-14-5-2-6-15-24/h3-4,7-12,22H,2,5-6,13-17H2,1H3/t22-/m1/s1.